The fourth-order valence-corrected chi connectivity index (χ4v) is 3.19. The van der Waals surface area contributed by atoms with Crippen molar-refractivity contribution in [3.8, 4) is 0 Å². The number of nitrogens with zero attached hydrogens (tertiary/aromatic N) is 2. The molecule has 1 aromatic carbocycles. The highest BCUT2D eigenvalue weighted by atomic mass is 16.5. The van der Waals surface area contributed by atoms with E-state index in [0.717, 1.165) is 44.9 Å². The Kier molecular flexibility index (Phi) is 4.68. The maximum atomic E-state index is 11.5. The lowest BCUT2D eigenvalue weighted by atomic mass is 10.0. The van der Waals surface area contributed by atoms with Crippen LogP contribution in [0.25, 0.3) is 10.9 Å². The van der Waals surface area contributed by atoms with Gasteiger partial charge in [0.15, 0.2) is 0 Å². The summed E-state index contributed by atoms with van der Waals surface area (Å²) >= 11 is 0. The molecule has 23 heavy (non-hydrogen) atoms. The molecular weight excluding hydrogens is 290 g/mol. The van der Waals surface area contributed by atoms with Crippen LogP contribution in [-0.2, 0) is 11.3 Å². The number of aromatic nitrogens is 1. The number of hydrogen-bond acceptors (Lipinski definition) is 3. The fourth-order valence-electron chi connectivity index (χ4n) is 3.19. The second-order valence-electron chi connectivity index (χ2n) is 6.48. The molecule has 0 spiro atoms. The summed E-state index contributed by atoms with van der Waals surface area (Å²) in [5.41, 5.74) is 8.42. The van der Waals surface area contributed by atoms with Crippen LogP contribution in [0, 0.1) is 0 Å². The maximum Gasteiger partial charge on any atom is 0.248 e. The molecule has 2 heterocycles. The Morgan fingerprint density at radius 1 is 1.26 bits per heavy atom. The summed E-state index contributed by atoms with van der Waals surface area (Å²) in [6.07, 6.45) is 2.22. The topological polar surface area (TPSA) is 60.5 Å². The fraction of sp³-hybridized carbons (Fsp3) is 0.500. The third-order valence-electron chi connectivity index (χ3n) is 4.58. The van der Waals surface area contributed by atoms with Gasteiger partial charge in [-0.2, -0.15) is 0 Å². The van der Waals surface area contributed by atoms with Crippen molar-refractivity contribution < 1.29 is 9.53 Å². The maximum absolute atomic E-state index is 11.5. The molecule has 2 aromatic rings. The average molecular weight is 315 g/mol. The Labute approximate surface area is 137 Å². The smallest absolute Gasteiger partial charge is 0.248 e. The van der Waals surface area contributed by atoms with Gasteiger partial charge in [0.25, 0.3) is 0 Å². The van der Waals surface area contributed by atoms with E-state index in [4.69, 9.17) is 10.5 Å². The minimum absolute atomic E-state index is 0.376. The van der Waals surface area contributed by atoms with Gasteiger partial charge in [-0.05, 0) is 23.6 Å². The van der Waals surface area contributed by atoms with Gasteiger partial charge in [-0.3, -0.25) is 9.69 Å². The minimum Gasteiger partial charge on any atom is -0.379 e. The second-order valence-corrected chi connectivity index (χ2v) is 6.48. The summed E-state index contributed by atoms with van der Waals surface area (Å²) in [4.78, 5) is 13.9. The minimum atomic E-state index is -0.376. The zero-order valence-corrected chi connectivity index (χ0v) is 13.9. The summed E-state index contributed by atoms with van der Waals surface area (Å²) in [6, 6.07) is 5.77. The van der Waals surface area contributed by atoms with Gasteiger partial charge >= 0.3 is 0 Å². The molecule has 0 atom stereocenters. The first-order valence-electron chi connectivity index (χ1n) is 8.29. The number of morpholine rings is 1. The molecule has 1 amide bonds. The van der Waals surface area contributed by atoms with Crippen molar-refractivity contribution in [1.29, 1.82) is 0 Å². The molecule has 1 aliphatic heterocycles. The largest absolute Gasteiger partial charge is 0.379 e. The number of amides is 1. The lowest BCUT2D eigenvalue weighted by molar-refractivity contribution is 0.0365. The molecule has 1 saturated heterocycles. The van der Waals surface area contributed by atoms with E-state index in [-0.39, 0.29) is 5.91 Å². The summed E-state index contributed by atoms with van der Waals surface area (Å²) in [5, 5.41) is 1.21. The van der Waals surface area contributed by atoms with Gasteiger partial charge in [-0.25, -0.2) is 0 Å². The number of fused-ring (bicyclic) bond motifs is 1. The summed E-state index contributed by atoms with van der Waals surface area (Å²) in [5.74, 6) is 0.0699. The monoisotopic (exact) mass is 315 g/mol. The molecule has 5 nitrogen and oxygen atoms in total. The van der Waals surface area contributed by atoms with Crippen molar-refractivity contribution in [3.63, 3.8) is 0 Å². The number of primary amides is 1. The number of benzene rings is 1. The van der Waals surface area contributed by atoms with Crippen LogP contribution in [0.1, 0.15) is 35.7 Å². The van der Waals surface area contributed by atoms with Crippen molar-refractivity contribution >= 4 is 16.8 Å². The van der Waals surface area contributed by atoms with Crippen LogP contribution in [0.2, 0.25) is 0 Å². The molecule has 5 heteroatoms. The number of carbonyl (C=O) groups is 1. The highest BCUT2D eigenvalue weighted by Gasteiger charge is 2.15. The Morgan fingerprint density at radius 3 is 2.65 bits per heavy atom. The number of hydrogen-bond donors (Lipinski definition) is 1. The first-order valence-corrected chi connectivity index (χ1v) is 8.29. The van der Waals surface area contributed by atoms with Gasteiger partial charge < -0.3 is 15.0 Å². The van der Waals surface area contributed by atoms with E-state index in [1.54, 1.807) is 0 Å². The standard InChI is InChI=1S/C18H25N3O2/c1-13(2)16-12-21(6-5-20-7-9-23-10-8-20)17-11-14(18(19)22)3-4-15(16)17/h3-4,11-13H,5-10H2,1-2H3,(H2,19,22). The first kappa shape index (κ1) is 16.0. The van der Waals surface area contributed by atoms with Gasteiger partial charge in [-0.1, -0.05) is 19.9 Å². The van der Waals surface area contributed by atoms with E-state index < -0.39 is 0 Å². The zero-order chi connectivity index (χ0) is 16.4. The van der Waals surface area contributed by atoms with Crippen LogP contribution >= 0.6 is 0 Å². The summed E-state index contributed by atoms with van der Waals surface area (Å²) in [7, 11) is 0. The average Bonchev–Trinajstić information content (AvgIpc) is 2.92. The van der Waals surface area contributed by atoms with Gasteiger partial charge in [0.2, 0.25) is 5.91 Å². The summed E-state index contributed by atoms with van der Waals surface area (Å²) in [6.45, 7) is 9.90. The number of rotatable bonds is 5. The van der Waals surface area contributed by atoms with E-state index in [0.29, 0.717) is 11.5 Å². The molecular formula is C18H25N3O2. The van der Waals surface area contributed by atoms with Gasteiger partial charge in [-0.15, -0.1) is 0 Å². The molecule has 1 fully saturated rings. The van der Waals surface area contributed by atoms with Crippen molar-refractivity contribution in [2.24, 2.45) is 5.73 Å². The molecule has 0 saturated carbocycles. The normalized spacial score (nSPS) is 16.3. The number of carbonyl (C=O) groups excluding carboxylic acids is 1. The summed E-state index contributed by atoms with van der Waals surface area (Å²) < 4.78 is 7.66. The van der Waals surface area contributed by atoms with Crippen molar-refractivity contribution in [2.75, 3.05) is 32.8 Å². The molecule has 124 valence electrons. The van der Waals surface area contributed by atoms with Crippen LogP contribution in [0.4, 0.5) is 0 Å². The molecule has 1 aromatic heterocycles. The molecule has 2 N–H and O–H groups in total. The molecule has 1 aliphatic rings. The first-order chi connectivity index (χ1) is 11.1. The van der Waals surface area contributed by atoms with Crippen molar-refractivity contribution in [1.82, 2.24) is 9.47 Å². The lowest BCUT2D eigenvalue weighted by Gasteiger charge is -2.26. The van der Waals surface area contributed by atoms with E-state index in [1.165, 1.54) is 10.9 Å². The van der Waals surface area contributed by atoms with Crippen LogP contribution in [0.5, 0.6) is 0 Å². The molecule has 0 unspecified atom stereocenters. The third kappa shape index (κ3) is 3.41. The van der Waals surface area contributed by atoms with Gasteiger partial charge in [0.05, 0.1) is 13.2 Å². The SMILES string of the molecule is CC(C)c1cn(CCN2CCOCC2)c2cc(C(N)=O)ccc12. The number of nitrogens with two attached hydrogens (primary N) is 1. The highest BCUT2D eigenvalue weighted by Crippen LogP contribution is 2.28. The Morgan fingerprint density at radius 2 is 2.00 bits per heavy atom. The second kappa shape index (κ2) is 6.72. The molecule has 0 aliphatic carbocycles. The molecule has 0 bridgehead atoms. The van der Waals surface area contributed by atoms with E-state index >= 15 is 0 Å². The predicted octanol–water partition coefficient (Wildman–Crippen LogP) is 2.20. The van der Waals surface area contributed by atoms with Crippen LogP contribution in [0.15, 0.2) is 24.4 Å². The van der Waals surface area contributed by atoms with Gasteiger partial charge in [0, 0.05) is 48.8 Å². The number of ether oxygens (including phenoxy) is 1. The van der Waals surface area contributed by atoms with E-state index in [9.17, 15) is 4.79 Å². The molecule has 3 rings (SSSR count). The highest BCUT2D eigenvalue weighted by molar-refractivity contribution is 5.97. The van der Waals surface area contributed by atoms with Crippen molar-refractivity contribution in [2.45, 2.75) is 26.3 Å². The quantitative estimate of drug-likeness (QED) is 0.920. The Bertz CT molecular complexity index is 700. The predicted molar refractivity (Wildman–Crippen MR) is 91.8 cm³/mol. The Hall–Kier alpha value is -1.85. The van der Waals surface area contributed by atoms with Crippen molar-refractivity contribution in [3.05, 3.63) is 35.5 Å². The Balaban J connectivity index is 1.90. The lowest BCUT2D eigenvalue weighted by Crippen LogP contribution is -2.38. The zero-order valence-electron chi connectivity index (χ0n) is 13.9. The van der Waals surface area contributed by atoms with Crippen LogP contribution in [0.3, 0.4) is 0 Å². The van der Waals surface area contributed by atoms with E-state index in [1.807, 2.05) is 18.2 Å². The molecule has 0 radical (unpaired) electrons. The van der Waals surface area contributed by atoms with E-state index in [2.05, 4.69) is 29.5 Å². The van der Waals surface area contributed by atoms with Crippen LogP contribution < -0.4 is 5.73 Å². The third-order valence-corrected chi connectivity index (χ3v) is 4.58. The van der Waals surface area contributed by atoms with Gasteiger partial charge in [0.1, 0.15) is 0 Å². The van der Waals surface area contributed by atoms with Crippen LogP contribution in [-0.4, -0.2) is 48.2 Å².